The van der Waals surface area contributed by atoms with Crippen LogP contribution in [-0.4, -0.2) is 10.4 Å². The van der Waals surface area contributed by atoms with Crippen LogP contribution in [0.4, 0.5) is 0 Å². The minimum atomic E-state index is -0.202. The number of rotatable bonds is 5. The van der Waals surface area contributed by atoms with Gasteiger partial charge in [-0.2, -0.15) is 0 Å². The highest BCUT2D eigenvalue weighted by atomic mass is 16.3. The smallest absolute Gasteiger partial charge is 0.135 e. The number of aromatic nitrogens is 1. The summed E-state index contributed by atoms with van der Waals surface area (Å²) in [7, 11) is 0. The monoisotopic (exact) mass is 734 g/mol. The highest BCUT2D eigenvalue weighted by molar-refractivity contribution is 6.11. The number of furan rings is 2. The van der Waals surface area contributed by atoms with E-state index in [0.29, 0.717) is 0 Å². The zero-order valence-electron chi connectivity index (χ0n) is 30.7. The second kappa shape index (κ2) is 12.6. The van der Waals surface area contributed by atoms with Crippen LogP contribution >= 0.6 is 0 Å². The standard InChI is InChI=1S/C51H34N4O2/c1-3-11-31(12-4-1)49-52-50(32-13-5-2-6-14-32)54-51(53-49)35-19-23-39-40-27-33(20-24-45(40)57-48(39)29-35)34-21-25-46-41(28-34)42-30-36(22-26-47(42)56-46)55-43-17-9-7-15-37(43)38-16-8-10-18-44(38)55/h1-30,49,51,53H,(H,52,54). The third-order valence-electron chi connectivity index (χ3n) is 11.5. The van der Waals surface area contributed by atoms with Crippen molar-refractivity contribution >= 4 is 71.5 Å². The number of aliphatic imine (C=N–C) groups is 1. The van der Waals surface area contributed by atoms with Crippen molar-refractivity contribution in [1.29, 1.82) is 0 Å². The summed E-state index contributed by atoms with van der Waals surface area (Å²) < 4.78 is 15.3. The first-order chi connectivity index (χ1) is 28.2. The molecule has 0 spiro atoms. The molecule has 4 heterocycles. The van der Waals surface area contributed by atoms with E-state index in [-0.39, 0.29) is 12.3 Å². The molecule has 1 aliphatic rings. The van der Waals surface area contributed by atoms with Crippen LogP contribution in [0.3, 0.4) is 0 Å². The van der Waals surface area contributed by atoms with Crippen LogP contribution in [0, 0.1) is 0 Å². The lowest BCUT2D eigenvalue weighted by molar-refractivity contribution is 0.409. The minimum absolute atomic E-state index is 0.178. The summed E-state index contributed by atoms with van der Waals surface area (Å²) in [6.45, 7) is 0. The number of para-hydroxylation sites is 2. The SMILES string of the molecule is c1ccc(C2=NC(c3ccccc3)NC(c3ccc4c(c3)oc3ccc(-c5ccc6oc7ccc(-n8c9ccccc9c9ccccc98)cc7c6c5)cc34)N2)cc1. The Morgan fingerprint density at radius 1 is 0.421 bits per heavy atom. The van der Waals surface area contributed by atoms with Gasteiger partial charge < -0.3 is 18.7 Å². The molecule has 0 radical (unpaired) electrons. The number of benzene rings is 8. The van der Waals surface area contributed by atoms with Crippen molar-refractivity contribution in [3.63, 3.8) is 0 Å². The molecule has 0 amide bonds. The molecule has 2 atom stereocenters. The maximum atomic E-state index is 6.52. The van der Waals surface area contributed by atoms with Gasteiger partial charge in [0.05, 0.1) is 11.0 Å². The van der Waals surface area contributed by atoms with E-state index in [1.165, 1.54) is 21.8 Å². The van der Waals surface area contributed by atoms with E-state index in [1.54, 1.807) is 0 Å². The fraction of sp³-hybridized carbons (Fsp3) is 0.0392. The van der Waals surface area contributed by atoms with E-state index in [2.05, 4.69) is 173 Å². The minimum Gasteiger partial charge on any atom is -0.456 e. The van der Waals surface area contributed by atoms with Gasteiger partial charge in [0, 0.05) is 43.6 Å². The summed E-state index contributed by atoms with van der Waals surface area (Å²) in [5.74, 6) is 0.854. The van der Waals surface area contributed by atoms with Crippen molar-refractivity contribution in [1.82, 2.24) is 15.2 Å². The topological polar surface area (TPSA) is 67.6 Å². The van der Waals surface area contributed by atoms with Gasteiger partial charge in [-0.05, 0) is 82.9 Å². The van der Waals surface area contributed by atoms with E-state index in [9.17, 15) is 0 Å². The van der Waals surface area contributed by atoms with Gasteiger partial charge in [-0.25, -0.2) is 4.99 Å². The Kier molecular flexibility index (Phi) is 7.03. The number of amidine groups is 1. The maximum Gasteiger partial charge on any atom is 0.135 e. The second-order valence-electron chi connectivity index (χ2n) is 14.8. The Balaban J connectivity index is 0.913. The third-order valence-corrected chi connectivity index (χ3v) is 11.5. The normalized spacial score (nSPS) is 15.9. The molecule has 8 aromatic carbocycles. The summed E-state index contributed by atoms with van der Waals surface area (Å²) in [6, 6.07) is 63.9. The lowest BCUT2D eigenvalue weighted by Gasteiger charge is -2.32. The third kappa shape index (κ3) is 5.19. The molecule has 57 heavy (non-hydrogen) atoms. The molecule has 2 unspecified atom stereocenters. The predicted molar refractivity (Wildman–Crippen MR) is 232 cm³/mol. The van der Waals surface area contributed by atoms with Gasteiger partial charge in [0.15, 0.2) is 0 Å². The van der Waals surface area contributed by atoms with E-state index < -0.39 is 0 Å². The largest absolute Gasteiger partial charge is 0.456 e. The molecule has 0 bridgehead atoms. The number of hydrogen-bond acceptors (Lipinski definition) is 5. The lowest BCUT2D eigenvalue weighted by atomic mass is 10.00. The summed E-state index contributed by atoms with van der Waals surface area (Å²) in [6.07, 6.45) is -0.380. The first kappa shape index (κ1) is 31.9. The van der Waals surface area contributed by atoms with Crippen LogP contribution < -0.4 is 10.6 Å². The molecule has 6 heteroatoms. The summed E-state index contributed by atoms with van der Waals surface area (Å²) in [4.78, 5) is 5.07. The fourth-order valence-corrected chi connectivity index (χ4v) is 8.72. The first-order valence-electron chi connectivity index (χ1n) is 19.3. The molecule has 1 aliphatic heterocycles. The average molecular weight is 735 g/mol. The van der Waals surface area contributed by atoms with Crippen molar-refractivity contribution in [2.45, 2.75) is 12.3 Å². The second-order valence-corrected chi connectivity index (χ2v) is 14.8. The van der Waals surface area contributed by atoms with Crippen LogP contribution in [-0.2, 0) is 0 Å². The number of fused-ring (bicyclic) bond motifs is 9. The van der Waals surface area contributed by atoms with Gasteiger partial charge in [0.1, 0.15) is 40.5 Å². The number of nitrogens with zero attached hydrogens (tertiary/aromatic N) is 2. The zero-order valence-corrected chi connectivity index (χ0v) is 30.7. The quantitative estimate of drug-likeness (QED) is 0.185. The molecule has 0 saturated heterocycles. The molecular formula is C51H34N4O2. The van der Waals surface area contributed by atoms with E-state index >= 15 is 0 Å². The van der Waals surface area contributed by atoms with Crippen LogP contribution in [0.1, 0.15) is 29.0 Å². The van der Waals surface area contributed by atoms with Crippen LogP contribution in [0.2, 0.25) is 0 Å². The zero-order chi connectivity index (χ0) is 37.5. The van der Waals surface area contributed by atoms with Crippen molar-refractivity contribution < 1.29 is 8.83 Å². The Morgan fingerprint density at radius 3 is 1.70 bits per heavy atom. The predicted octanol–water partition coefficient (Wildman–Crippen LogP) is 12.6. The van der Waals surface area contributed by atoms with Crippen LogP contribution in [0.25, 0.3) is 82.5 Å². The maximum absolute atomic E-state index is 6.52. The molecule has 6 nitrogen and oxygen atoms in total. The Bertz CT molecular complexity index is 3320. The molecule has 0 aliphatic carbocycles. The summed E-state index contributed by atoms with van der Waals surface area (Å²) in [5, 5.41) is 14.2. The van der Waals surface area contributed by atoms with Crippen molar-refractivity contribution in [3.8, 4) is 16.8 Å². The molecule has 3 aromatic heterocycles. The van der Waals surface area contributed by atoms with Crippen molar-refractivity contribution in [3.05, 3.63) is 199 Å². The molecule has 0 fully saturated rings. The molecule has 0 saturated carbocycles. The Labute approximate surface area is 327 Å². The summed E-state index contributed by atoms with van der Waals surface area (Å²) >= 11 is 0. The summed E-state index contributed by atoms with van der Waals surface area (Å²) in [5.41, 5.74) is 12.4. The van der Waals surface area contributed by atoms with Gasteiger partial charge in [-0.3, -0.25) is 5.32 Å². The van der Waals surface area contributed by atoms with Gasteiger partial charge in [-0.1, -0.05) is 121 Å². The van der Waals surface area contributed by atoms with Crippen LogP contribution in [0.15, 0.2) is 196 Å². The fourth-order valence-electron chi connectivity index (χ4n) is 8.72. The van der Waals surface area contributed by atoms with Crippen molar-refractivity contribution in [2.24, 2.45) is 4.99 Å². The van der Waals surface area contributed by atoms with Crippen LogP contribution in [0.5, 0.6) is 0 Å². The van der Waals surface area contributed by atoms with E-state index in [1.807, 2.05) is 24.3 Å². The molecule has 2 N–H and O–H groups in total. The average Bonchev–Trinajstić information content (AvgIpc) is 3.95. The molecule has 12 rings (SSSR count). The Morgan fingerprint density at radius 2 is 1.00 bits per heavy atom. The van der Waals surface area contributed by atoms with Gasteiger partial charge in [0.2, 0.25) is 0 Å². The highest BCUT2D eigenvalue weighted by Crippen LogP contribution is 2.39. The van der Waals surface area contributed by atoms with Gasteiger partial charge >= 0.3 is 0 Å². The lowest BCUT2D eigenvalue weighted by Crippen LogP contribution is -2.44. The van der Waals surface area contributed by atoms with Gasteiger partial charge in [-0.15, -0.1) is 0 Å². The van der Waals surface area contributed by atoms with E-state index in [4.69, 9.17) is 13.8 Å². The molecule has 270 valence electrons. The van der Waals surface area contributed by atoms with Crippen molar-refractivity contribution in [2.75, 3.05) is 0 Å². The number of hydrogen-bond donors (Lipinski definition) is 2. The Hall–Kier alpha value is -7.41. The van der Waals surface area contributed by atoms with Gasteiger partial charge in [0.25, 0.3) is 0 Å². The first-order valence-corrected chi connectivity index (χ1v) is 19.3. The highest BCUT2D eigenvalue weighted by Gasteiger charge is 2.26. The molecule has 11 aromatic rings. The molecular weight excluding hydrogens is 701 g/mol. The number of nitrogens with one attached hydrogen (secondary N) is 2. The van der Waals surface area contributed by atoms with E-state index in [0.717, 1.165) is 83.2 Å².